The Kier molecular flexibility index (Phi) is 15.3. The fourth-order valence-corrected chi connectivity index (χ4v) is 13.0. The normalized spacial score (nSPS) is 30.2. The molecule has 416 valence electrons. The Hall–Kier alpha value is -5.15. The van der Waals surface area contributed by atoms with Gasteiger partial charge < -0.3 is 76.1 Å². The number of hydrogen-bond acceptors (Lipinski definition) is 29. The molecule has 0 saturated carbocycles. The average Bonchev–Trinajstić information content (AvgIpc) is 4.17. The molecule has 39 nitrogen and oxygen atoms in total. The molecule has 0 aromatic carbocycles. The van der Waals surface area contributed by atoms with E-state index in [9.17, 15) is 67.8 Å². The van der Waals surface area contributed by atoms with Crippen LogP contribution in [0.25, 0.3) is 33.5 Å². The monoisotopic (exact) mass is 1160 g/mol. The number of fused-ring (bicyclic) bond motifs is 3. The molecule has 43 heteroatoms. The van der Waals surface area contributed by atoms with Crippen LogP contribution in [0.4, 0.5) is 17.7 Å². The first-order valence-electron chi connectivity index (χ1n) is 21.6. The molecular formula is C33H46N15O24P4+. The highest BCUT2D eigenvalue weighted by molar-refractivity contribution is 7.66. The van der Waals surface area contributed by atoms with Crippen molar-refractivity contribution in [3.8, 4) is 0 Å². The fourth-order valence-electron chi connectivity index (χ4n) is 8.49. The maximum atomic E-state index is 13.7. The molecule has 76 heavy (non-hydrogen) atoms. The summed E-state index contributed by atoms with van der Waals surface area (Å²) in [5, 5.41) is 43.1. The lowest BCUT2D eigenvalue weighted by Crippen LogP contribution is -2.44. The van der Waals surface area contributed by atoms with Gasteiger partial charge in [-0.05, 0) is 0 Å². The van der Waals surface area contributed by atoms with Crippen LogP contribution in [0.3, 0.4) is 0 Å². The van der Waals surface area contributed by atoms with E-state index in [-0.39, 0.29) is 57.8 Å². The zero-order chi connectivity index (χ0) is 55.0. The number of imidazole rings is 3. The smallest absolute Gasteiger partial charge is 0.388 e. The number of H-pyrrole nitrogens is 2. The van der Waals surface area contributed by atoms with E-state index in [1.54, 1.807) is 0 Å². The molecule has 6 aromatic heterocycles. The molecule has 16 atom stereocenters. The van der Waals surface area contributed by atoms with Crippen LogP contribution in [0.15, 0.2) is 34.9 Å². The second kappa shape index (κ2) is 20.9. The summed E-state index contributed by atoms with van der Waals surface area (Å²) < 4.78 is 109. The summed E-state index contributed by atoms with van der Waals surface area (Å²) in [5.74, 6) is -0.630. The standard InChI is InChI=1S/C33H45N15O24P4/c1-45-10-46(27-17(45)29(54)44-33(36)42-27)3-11-18(49)19(50)12(67-11)4-65-74(57,58)71-76(61,62)72-75(59,60)66-6-14-22(23(63-2)31(69-14)47-8-39-15-24(34)37-7-38-25(15)47)70-73(55,56)64-5-13-20(51)21(52)30(68-13)48-9-40-16-26(48)41-32(35)43-28(16)53/h7-14,18-23,30-31,49-52H,3-6H2,1-2H3,(H11-,34,35,36,37,38,41,42,43,44,53,54,55,56,57,58,59,60,61,62)/p+1/t11-,12+,13+,14+,18?,19-,20?,21-,22?,23-,30+,31+/m0/s1. The summed E-state index contributed by atoms with van der Waals surface area (Å²) in [6, 6.07) is 0. The number of rotatable bonds is 20. The van der Waals surface area contributed by atoms with Crippen molar-refractivity contribution in [3.05, 3.63) is 46.0 Å². The number of nitrogens with zero attached hydrogens (tertiary/aromatic N) is 10. The van der Waals surface area contributed by atoms with Crippen molar-refractivity contribution < 1.29 is 108 Å². The van der Waals surface area contributed by atoms with Gasteiger partial charge in [0, 0.05) is 7.11 Å². The zero-order valence-electron chi connectivity index (χ0n) is 38.7. The number of nitrogen functional groups attached to an aromatic ring is 3. The fraction of sp³-hybridized carbons (Fsp3) is 0.545. The van der Waals surface area contributed by atoms with E-state index in [1.165, 1.54) is 27.1 Å². The van der Waals surface area contributed by atoms with Crippen molar-refractivity contribution in [2.75, 3.05) is 44.1 Å². The van der Waals surface area contributed by atoms with Crippen LogP contribution in [0.1, 0.15) is 12.5 Å². The SMILES string of the molecule is CO[C@H]1C(OP(=O)(O)OC[C@H]2O[C@@H](n3cnc4c(=O)[nH]c(N)nc43)[C@@H](O)C2O)[C@@H](COP(=O)(O)OP(=O)(O)OP(=O)(O)OC[C@H]2O[C@@H](C[n+]3cn(C)c4c(=O)[nH]c(N)nc43)C(O)[C@H]2O)O[C@H]1n1cnc2c(N)ncnc21. The molecule has 3 saturated heterocycles. The van der Waals surface area contributed by atoms with Gasteiger partial charge in [0.25, 0.3) is 17.1 Å². The Labute approximate surface area is 421 Å². The third kappa shape index (κ3) is 11.3. The van der Waals surface area contributed by atoms with Gasteiger partial charge >= 0.3 is 36.9 Å². The number of aromatic nitrogens is 12. The summed E-state index contributed by atoms with van der Waals surface area (Å²) in [5.41, 5.74) is 15.8. The molecule has 3 fully saturated rings. The number of aliphatic hydroxyl groups excluding tert-OH is 4. The van der Waals surface area contributed by atoms with Crippen molar-refractivity contribution in [1.82, 2.24) is 53.6 Å². The third-order valence-corrected chi connectivity index (χ3v) is 17.1. The number of aryl methyl sites for hydroxylation is 1. The number of ether oxygens (including phenoxy) is 4. The predicted octanol–water partition coefficient (Wildman–Crippen LogP) is -4.84. The number of phosphoric ester groups is 3. The van der Waals surface area contributed by atoms with Gasteiger partial charge in [0.05, 0.1) is 39.5 Å². The Bertz CT molecular complexity index is 3490. The highest BCUT2D eigenvalue weighted by atomic mass is 31.3. The van der Waals surface area contributed by atoms with Crippen molar-refractivity contribution >= 4 is 82.5 Å². The molecule has 6 aromatic rings. The highest BCUT2D eigenvalue weighted by Crippen LogP contribution is 2.68. The van der Waals surface area contributed by atoms with Gasteiger partial charge in [0.15, 0.2) is 41.4 Å². The maximum Gasteiger partial charge on any atom is 0.490 e. The van der Waals surface area contributed by atoms with Gasteiger partial charge in [-0.3, -0.25) is 51.4 Å². The number of anilines is 3. The van der Waals surface area contributed by atoms with E-state index in [2.05, 4.69) is 48.5 Å². The Morgan fingerprint density at radius 1 is 0.658 bits per heavy atom. The molecular weight excluding hydrogens is 1110 g/mol. The first-order valence-corrected chi connectivity index (χ1v) is 27.6. The number of aromatic amines is 2. The molecule has 3 aliphatic rings. The van der Waals surface area contributed by atoms with Gasteiger partial charge in [0.2, 0.25) is 11.5 Å². The number of hydrogen-bond donors (Lipinski definition) is 13. The Morgan fingerprint density at radius 3 is 1.88 bits per heavy atom. The summed E-state index contributed by atoms with van der Waals surface area (Å²) in [6.07, 6.45) is -15.1. The number of aliphatic hydroxyl groups is 4. The second-order valence-electron chi connectivity index (χ2n) is 16.9. The van der Waals surface area contributed by atoms with Crippen molar-refractivity contribution in [2.45, 2.75) is 80.0 Å². The van der Waals surface area contributed by atoms with Crippen LogP contribution in [-0.2, 0) is 77.5 Å². The van der Waals surface area contributed by atoms with E-state index >= 15 is 0 Å². The Morgan fingerprint density at radius 2 is 1.21 bits per heavy atom. The minimum Gasteiger partial charge on any atom is -0.388 e. The van der Waals surface area contributed by atoms with Crippen LogP contribution in [0.5, 0.6) is 0 Å². The van der Waals surface area contributed by atoms with Gasteiger partial charge in [-0.1, -0.05) is 4.98 Å². The lowest BCUT2D eigenvalue weighted by atomic mass is 10.1. The molecule has 3 aliphatic heterocycles. The predicted molar refractivity (Wildman–Crippen MR) is 244 cm³/mol. The number of nitrogens with one attached hydrogen (secondary N) is 2. The quantitative estimate of drug-likeness (QED) is 0.0252. The van der Waals surface area contributed by atoms with Gasteiger partial charge in [-0.15, -0.1) is 0 Å². The lowest BCUT2D eigenvalue weighted by Gasteiger charge is -2.26. The van der Waals surface area contributed by atoms with Crippen LogP contribution >= 0.6 is 31.3 Å². The molecule has 0 aliphatic carbocycles. The number of phosphoric acid groups is 4. The summed E-state index contributed by atoms with van der Waals surface area (Å²) in [6.45, 7) is -3.61. The zero-order valence-corrected chi connectivity index (χ0v) is 42.2. The molecule has 0 bridgehead atoms. The van der Waals surface area contributed by atoms with E-state index < -0.39 is 136 Å². The van der Waals surface area contributed by atoms with Gasteiger partial charge in [-0.2, -0.15) is 13.6 Å². The molecule has 9 rings (SSSR count). The lowest BCUT2D eigenvalue weighted by molar-refractivity contribution is -0.682. The molecule has 16 N–H and O–H groups in total. The summed E-state index contributed by atoms with van der Waals surface area (Å²) >= 11 is 0. The van der Waals surface area contributed by atoms with Crippen molar-refractivity contribution in [3.63, 3.8) is 0 Å². The highest BCUT2D eigenvalue weighted by Gasteiger charge is 2.53. The minimum absolute atomic E-state index is 0.00871. The van der Waals surface area contributed by atoms with Gasteiger partial charge in [-0.25, -0.2) is 42.8 Å². The Balaban J connectivity index is 0.849. The van der Waals surface area contributed by atoms with Crippen molar-refractivity contribution in [1.29, 1.82) is 0 Å². The van der Waals surface area contributed by atoms with Crippen LogP contribution in [0.2, 0.25) is 0 Å². The minimum atomic E-state index is -6.19. The van der Waals surface area contributed by atoms with E-state index in [0.717, 1.165) is 30.7 Å². The summed E-state index contributed by atoms with van der Waals surface area (Å²) in [7, 11) is -20.8. The molecule has 0 amide bonds. The first-order chi connectivity index (χ1) is 35.6. The summed E-state index contributed by atoms with van der Waals surface area (Å²) in [4.78, 5) is 95.7. The number of methoxy groups -OCH3 is 1. The van der Waals surface area contributed by atoms with Crippen LogP contribution < -0.4 is 32.9 Å². The van der Waals surface area contributed by atoms with Crippen LogP contribution in [-0.4, -0.2) is 182 Å². The van der Waals surface area contributed by atoms with E-state index in [4.69, 9.17) is 54.2 Å². The third-order valence-electron chi connectivity index (χ3n) is 11.8. The van der Waals surface area contributed by atoms with E-state index in [0.29, 0.717) is 0 Å². The second-order valence-corrected chi connectivity index (χ2v) is 22.9. The van der Waals surface area contributed by atoms with Gasteiger partial charge in [0.1, 0.15) is 79.4 Å². The molecule has 7 unspecified atom stereocenters. The maximum absolute atomic E-state index is 13.7. The van der Waals surface area contributed by atoms with Crippen LogP contribution in [0, 0.1) is 0 Å². The number of nitrogens with two attached hydrogens (primary N) is 3. The first kappa shape index (κ1) is 55.6. The largest absolute Gasteiger partial charge is 0.490 e. The van der Waals surface area contributed by atoms with Crippen molar-refractivity contribution in [2.24, 2.45) is 7.05 Å². The molecule has 0 radical (unpaired) electrons. The topological polar surface area (TPSA) is 562 Å². The molecule has 9 heterocycles. The van der Waals surface area contributed by atoms with E-state index in [1.807, 2.05) is 0 Å². The average molecular weight is 1160 g/mol. The molecule has 0 spiro atoms.